The number of likely N-dealkylation sites (tertiary alicyclic amines) is 1. The van der Waals surface area contributed by atoms with Crippen LogP contribution in [-0.2, 0) is 13.6 Å². The van der Waals surface area contributed by atoms with Gasteiger partial charge in [0, 0.05) is 30.9 Å². The van der Waals surface area contributed by atoms with Crippen molar-refractivity contribution in [2.75, 3.05) is 6.54 Å². The second-order valence-electron chi connectivity index (χ2n) is 6.45. The van der Waals surface area contributed by atoms with Gasteiger partial charge in [0.25, 0.3) is 0 Å². The van der Waals surface area contributed by atoms with E-state index in [0.29, 0.717) is 6.04 Å². The van der Waals surface area contributed by atoms with Gasteiger partial charge >= 0.3 is 0 Å². The summed E-state index contributed by atoms with van der Waals surface area (Å²) in [6, 6.07) is 10.4. The number of aromatic nitrogens is 5. The average molecular weight is 322 g/mol. The van der Waals surface area contributed by atoms with Crippen molar-refractivity contribution in [2.24, 2.45) is 7.05 Å². The Balaban J connectivity index is 1.55. The highest BCUT2D eigenvalue weighted by Crippen LogP contribution is 2.32. The molecule has 3 heterocycles. The predicted octanol–water partition coefficient (Wildman–Crippen LogP) is 2.85. The van der Waals surface area contributed by atoms with Crippen LogP contribution in [0.1, 0.15) is 36.0 Å². The summed E-state index contributed by atoms with van der Waals surface area (Å²) < 4.78 is 1.89. The highest BCUT2D eigenvalue weighted by atomic mass is 15.3. The molecule has 0 saturated carbocycles. The van der Waals surface area contributed by atoms with Crippen LogP contribution in [0.2, 0.25) is 0 Å². The van der Waals surface area contributed by atoms with Crippen LogP contribution in [0.4, 0.5) is 0 Å². The zero-order valence-corrected chi connectivity index (χ0v) is 14.1. The number of aromatic amines is 1. The number of H-pyrrole nitrogens is 1. The molecule has 0 radical (unpaired) electrons. The third-order valence-electron chi connectivity index (χ3n) is 4.70. The Hall–Kier alpha value is -2.47. The summed E-state index contributed by atoms with van der Waals surface area (Å²) in [7, 11) is 1.97. The maximum absolute atomic E-state index is 4.75. The second kappa shape index (κ2) is 6.20. The Morgan fingerprint density at radius 3 is 2.83 bits per heavy atom. The van der Waals surface area contributed by atoms with Gasteiger partial charge in [-0.05, 0) is 26.3 Å². The van der Waals surface area contributed by atoms with Crippen LogP contribution in [0.3, 0.4) is 0 Å². The summed E-state index contributed by atoms with van der Waals surface area (Å²) in [5.74, 6) is 1.74. The van der Waals surface area contributed by atoms with Gasteiger partial charge in [0.15, 0.2) is 5.82 Å². The maximum atomic E-state index is 4.75. The minimum absolute atomic E-state index is 0.301. The normalized spacial score (nSPS) is 18.3. The van der Waals surface area contributed by atoms with Crippen molar-refractivity contribution in [3.05, 3.63) is 53.6 Å². The van der Waals surface area contributed by atoms with E-state index < -0.39 is 0 Å². The third kappa shape index (κ3) is 2.85. The van der Waals surface area contributed by atoms with Gasteiger partial charge in [-0.1, -0.05) is 30.3 Å². The van der Waals surface area contributed by atoms with Gasteiger partial charge < -0.3 is 0 Å². The fourth-order valence-corrected chi connectivity index (χ4v) is 3.49. The van der Waals surface area contributed by atoms with Crippen molar-refractivity contribution in [1.82, 2.24) is 29.9 Å². The van der Waals surface area contributed by atoms with Crippen LogP contribution < -0.4 is 0 Å². The Kier molecular flexibility index (Phi) is 3.90. The minimum atomic E-state index is 0.301. The summed E-state index contributed by atoms with van der Waals surface area (Å²) in [5.41, 5.74) is 3.44. The molecule has 1 fully saturated rings. The average Bonchev–Trinajstić information content (AvgIpc) is 3.29. The third-order valence-corrected chi connectivity index (χ3v) is 4.70. The summed E-state index contributed by atoms with van der Waals surface area (Å²) in [6.45, 7) is 4.06. The van der Waals surface area contributed by atoms with Crippen LogP contribution in [-0.4, -0.2) is 36.4 Å². The van der Waals surface area contributed by atoms with Gasteiger partial charge in [-0.25, -0.2) is 4.98 Å². The molecule has 1 aromatic carbocycles. The smallest absolute Gasteiger partial charge is 0.181 e. The van der Waals surface area contributed by atoms with E-state index >= 15 is 0 Å². The van der Waals surface area contributed by atoms with E-state index in [2.05, 4.69) is 33.3 Å². The number of aryl methyl sites for hydroxylation is 2. The molecule has 0 amide bonds. The molecule has 0 bridgehead atoms. The van der Waals surface area contributed by atoms with Crippen molar-refractivity contribution in [3.8, 4) is 11.4 Å². The number of nitrogens with zero attached hydrogens (tertiary/aromatic N) is 5. The molecule has 6 nitrogen and oxygen atoms in total. The quantitative estimate of drug-likeness (QED) is 0.802. The lowest BCUT2D eigenvalue weighted by Crippen LogP contribution is -2.23. The first-order valence-electron chi connectivity index (χ1n) is 8.41. The first-order chi connectivity index (χ1) is 11.7. The van der Waals surface area contributed by atoms with Crippen molar-refractivity contribution in [1.29, 1.82) is 0 Å². The summed E-state index contributed by atoms with van der Waals surface area (Å²) in [6.07, 6.45) is 4.41. The van der Waals surface area contributed by atoms with E-state index in [0.717, 1.165) is 42.4 Å². The molecule has 1 N–H and O–H groups in total. The zero-order chi connectivity index (χ0) is 16.5. The van der Waals surface area contributed by atoms with Gasteiger partial charge in [0.1, 0.15) is 5.82 Å². The van der Waals surface area contributed by atoms with Crippen LogP contribution >= 0.6 is 0 Å². The van der Waals surface area contributed by atoms with E-state index in [1.165, 1.54) is 12.0 Å². The molecule has 0 spiro atoms. The van der Waals surface area contributed by atoms with E-state index in [1.807, 2.05) is 42.1 Å². The van der Waals surface area contributed by atoms with Crippen molar-refractivity contribution < 1.29 is 0 Å². The lowest BCUT2D eigenvalue weighted by atomic mass is 10.2. The van der Waals surface area contributed by atoms with Crippen molar-refractivity contribution in [3.63, 3.8) is 0 Å². The Labute approximate surface area is 141 Å². The second-order valence-corrected chi connectivity index (χ2v) is 6.45. The largest absolute Gasteiger partial charge is 0.289 e. The molecule has 0 unspecified atom stereocenters. The Bertz CT molecular complexity index is 819. The minimum Gasteiger partial charge on any atom is -0.289 e. The van der Waals surface area contributed by atoms with Gasteiger partial charge in [-0.2, -0.15) is 10.2 Å². The zero-order valence-electron chi connectivity index (χ0n) is 14.1. The van der Waals surface area contributed by atoms with E-state index in [-0.39, 0.29) is 0 Å². The summed E-state index contributed by atoms with van der Waals surface area (Å²) in [4.78, 5) is 7.22. The van der Waals surface area contributed by atoms with E-state index in [4.69, 9.17) is 4.98 Å². The maximum Gasteiger partial charge on any atom is 0.181 e. The monoisotopic (exact) mass is 322 g/mol. The van der Waals surface area contributed by atoms with Crippen LogP contribution in [0.5, 0.6) is 0 Å². The molecule has 1 atom stereocenters. The van der Waals surface area contributed by atoms with Crippen molar-refractivity contribution in [2.45, 2.75) is 32.4 Å². The predicted molar refractivity (Wildman–Crippen MR) is 92.1 cm³/mol. The molecule has 6 heteroatoms. The lowest BCUT2D eigenvalue weighted by Gasteiger charge is -2.22. The molecule has 124 valence electrons. The van der Waals surface area contributed by atoms with Gasteiger partial charge in [0.05, 0.1) is 11.7 Å². The molecule has 24 heavy (non-hydrogen) atoms. The van der Waals surface area contributed by atoms with E-state index in [9.17, 15) is 0 Å². The molecule has 1 saturated heterocycles. The SMILES string of the molecule is Cc1nn(C)cc1CN1CCC[C@H]1c1nc(-c2ccccc2)n[nH]1. The Morgan fingerprint density at radius 2 is 2.08 bits per heavy atom. The van der Waals surface area contributed by atoms with E-state index in [1.54, 1.807) is 0 Å². The van der Waals surface area contributed by atoms with Gasteiger partial charge in [-0.3, -0.25) is 14.7 Å². The topological polar surface area (TPSA) is 62.6 Å². The number of hydrogen-bond acceptors (Lipinski definition) is 4. The van der Waals surface area contributed by atoms with Crippen molar-refractivity contribution >= 4 is 0 Å². The standard InChI is InChI=1S/C18H22N6/c1-13-15(11-23(2)22-13)12-24-10-6-9-16(24)18-19-17(20-21-18)14-7-4-3-5-8-14/h3-5,7-8,11,16H,6,9-10,12H2,1-2H3,(H,19,20,21)/t16-/m0/s1. The number of hydrogen-bond donors (Lipinski definition) is 1. The van der Waals surface area contributed by atoms with Crippen LogP contribution in [0.15, 0.2) is 36.5 Å². The van der Waals surface area contributed by atoms with Crippen LogP contribution in [0.25, 0.3) is 11.4 Å². The Morgan fingerprint density at radius 1 is 1.25 bits per heavy atom. The first kappa shape index (κ1) is 15.1. The highest BCUT2D eigenvalue weighted by Gasteiger charge is 2.29. The molecule has 3 aromatic rings. The highest BCUT2D eigenvalue weighted by molar-refractivity contribution is 5.53. The first-order valence-corrected chi connectivity index (χ1v) is 8.41. The molecule has 2 aromatic heterocycles. The van der Waals surface area contributed by atoms with Gasteiger partial charge in [-0.15, -0.1) is 0 Å². The number of rotatable bonds is 4. The molecule has 1 aliphatic heterocycles. The molecule has 1 aliphatic rings. The molecule has 0 aliphatic carbocycles. The fraction of sp³-hybridized carbons (Fsp3) is 0.389. The summed E-state index contributed by atoms with van der Waals surface area (Å²) in [5, 5.41) is 12.0. The number of nitrogens with one attached hydrogen (secondary N) is 1. The molecular weight excluding hydrogens is 300 g/mol. The lowest BCUT2D eigenvalue weighted by molar-refractivity contribution is 0.240. The number of benzene rings is 1. The fourth-order valence-electron chi connectivity index (χ4n) is 3.49. The van der Waals surface area contributed by atoms with Crippen LogP contribution in [0, 0.1) is 6.92 Å². The van der Waals surface area contributed by atoms with Gasteiger partial charge in [0.2, 0.25) is 0 Å². The molecular formula is C18H22N6. The molecule has 4 rings (SSSR count). The summed E-state index contributed by atoms with van der Waals surface area (Å²) >= 11 is 0.